The van der Waals surface area contributed by atoms with Crippen molar-refractivity contribution in [2.75, 3.05) is 12.4 Å². The Morgan fingerprint density at radius 1 is 1.11 bits per heavy atom. The molecule has 0 spiro atoms. The van der Waals surface area contributed by atoms with E-state index >= 15 is 0 Å². The van der Waals surface area contributed by atoms with Gasteiger partial charge >= 0.3 is 0 Å². The van der Waals surface area contributed by atoms with E-state index < -0.39 is 12.1 Å². The maximum absolute atomic E-state index is 13.2. The lowest BCUT2D eigenvalue weighted by molar-refractivity contribution is -0.118. The molecule has 36 heavy (non-hydrogen) atoms. The van der Waals surface area contributed by atoms with E-state index in [4.69, 9.17) is 14.9 Å². The van der Waals surface area contributed by atoms with Crippen LogP contribution in [0.5, 0.6) is 11.5 Å². The normalized spacial score (nSPS) is 12.4. The maximum Gasteiger partial charge on any atom is 0.251 e. The highest BCUT2D eigenvalue weighted by molar-refractivity contribution is 7.83. The van der Waals surface area contributed by atoms with Crippen molar-refractivity contribution in [2.45, 2.75) is 19.1 Å². The third kappa shape index (κ3) is 6.99. The molecule has 1 amide bonds. The van der Waals surface area contributed by atoms with Crippen LogP contribution in [0.1, 0.15) is 24.2 Å². The van der Waals surface area contributed by atoms with E-state index in [1.54, 1.807) is 37.4 Å². The van der Waals surface area contributed by atoms with Gasteiger partial charge in [-0.15, -0.1) is 0 Å². The molecule has 6 nitrogen and oxygen atoms in total. The number of ether oxygens (including phenoxy) is 2. The summed E-state index contributed by atoms with van der Waals surface area (Å²) in [6.07, 6.45) is 2.14. The van der Waals surface area contributed by atoms with Crippen LogP contribution in [0.4, 0.5) is 15.8 Å². The predicted octanol–water partition coefficient (Wildman–Crippen LogP) is 6.20. The fraction of sp³-hybridized carbons (Fsp3) is 0.143. The molecular weight excluding hydrogens is 477 g/mol. The molecular formula is C28H28FN3O3S. The molecule has 8 heteroatoms. The number of amides is 1. The standard InChI is InChI=1S/C28H28FN3O3S/c1-18(13-14-36)28(33)31-19(2)27(20-5-4-6-24(15-20)34-3)35-25-11-12-26(21(16-25)17-30)32-23-9-7-22(29)8-10-23/h4-17,19,27,30,32,36H,1H2,2-3H3,(H,31,33)/b14-13-,30-17?/t19?,27-/m0/s1. The summed E-state index contributed by atoms with van der Waals surface area (Å²) >= 11 is 3.99. The fourth-order valence-corrected chi connectivity index (χ4v) is 3.68. The van der Waals surface area contributed by atoms with Gasteiger partial charge in [0.2, 0.25) is 0 Å². The summed E-state index contributed by atoms with van der Waals surface area (Å²) in [5.41, 5.74) is 2.99. The topological polar surface area (TPSA) is 83.4 Å². The SMILES string of the molecule is C=C(/C=C\S)C(=O)NC(C)[C@H](Oc1ccc(Nc2ccc(F)cc2)c(C=N)c1)c1cccc(OC)c1. The van der Waals surface area contributed by atoms with Crippen LogP contribution < -0.4 is 20.1 Å². The minimum Gasteiger partial charge on any atom is -0.497 e. The lowest BCUT2D eigenvalue weighted by atomic mass is 10.0. The van der Waals surface area contributed by atoms with E-state index in [1.165, 1.54) is 29.8 Å². The van der Waals surface area contributed by atoms with Crippen molar-refractivity contribution in [1.29, 1.82) is 5.41 Å². The quantitative estimate of drug-likeness (QED) is 0.108. The second-order valence-corrected chi connectivity index (χ2v) is 8.24. The molecule has 0 aliphatic rings. The molecule has 186 valence electrons. The summed E-state index contributed by atoms with van der Waals surface area (Å²) in [5, 5.41) is 15.4. The molecule has 3 rings (SSSR count). The Morgan fingerprint density at radius 2 is 1.86 bits per heavy atom. The molecule has 3 aromatic rings. The highest BCUT2D eigenvalue weighted by atomic mass is 32.1. The summed E-state index contributed by atoms with van der Waals surface area (Å²) in [6, 6.07) is 18.2. The third-order valence-corrected chi connectivity index (χ3v) is 5.52. The van der Waals surface area contributed by atoms with Crippen LogP contribution >= 0.6 is 12.6 Å². The Bertz CT molecular complexity index is 1260. The zero-order valence-electron chi connectivity index (χ0n) is 20.0. The second kappa shape index (κ2) is 12.6. The number of anilines is 2. The average molecular weight is 506 g/mol. The number of methoxy groups -OCH3 is 1. The first-order chi connectivity index (χ1) is 17.3. The summed E-state index contributed by atoms with van der Waals surface area (Å²) < 4.78 is 25.0. The average Bonchev–Trinajstić information content (AvgIpc) is 2.89. The van der Waals surface area contributed by atoms with Gasteiger partial charge in [-0.25, -0.2) is 4.39 Å². The number of benzene rings is 3. The monoisotopic (exact) mass is 505 g/mol. The molecule has 0 aliphatic carbocycles. The largest absolute Gasteiger partial charge is 0.497 e. The van der Waals surface area contributed by atoms with E-state index in [2.05, 4.69) is 29.8 Å². The molecule has 1 unspecified atom stereocenters. The number of carbonyl (C=O) groups is 1. The van der Waals surface area contributed by atoms with Crippen molar-refractivity contribution in [3.63, 3.8) is 0 Å². The van der Waals surface area contributed by atoms with Gasteiger partial charge in [0.25, 0.3) is 5.91 Å². The number of hydrogen-bond donors (Lipinski definition) is 4. The third-order valence-electron chi connectivity index (χ3n) is 5.37. The van der Waals surface area contributed by atoms with Crippen LogP contribution in [-0.2, 0) is 4.79 Å². The molecule has 0 aliphatic heterocycles. The number of hydrogen-bond acceptors (Lipinski definition) is 6. The molecule has 0 bridgehead atoms. The Morgan fingerprint density at radius 3 is 2.53 bits per heavy atom. The molecule has 0 radical (unpaired) electrons. The van der Waals surface area contributed by atoms with E-state index in [1.807, 2.05) is 31.2 Å². The molecule has 0 heterocycles. The van der Waals surface area contributed by atoms with Gasteiger partial charge in [-0.2, -0.15) is 12.6 Å². The van der Waals surface area contributed by atoms with Gasteiger partial charge in [0.05, 0.1) is 13.2 Å². The lowest BCUT2D eigenvalue weighted by Crippen LogP contribution is -2.39. The molecule has 0 fully saturated rings. The van der Waals surface area contributed by atoms with Gasteiger partial charge in [-0.1, -0.05) is 18.7 Å². The van der Waals surface area contributed by atoms with Crippen LogP contribution in [0.25, 0.3) is 0 Å². The number of thiol groups is 1. The van der Waals surface area contributed by atoms with Crippen LogP contribution in [0.2, 0.25) is 0 Å². The fourth-order valence-electron chi connectivity index (χ4n) is 3.50. The molecule has 0 saturated carbocycles. The minimum atomic E-state index is -0.577. The van der Waals surface area contributed by atoms with E-state index in [9.17, 15) is 9.18 Å². The Labute approximate surface area is 215 Å². The summed E-state index contributed by atoms with van der Waals surface area (Å²) in [7, 11) is 1.58. The summed E-state index contributed by atoms with van der Waals surface area (Å²) in [6.45, 7) is 5.59. The summed E-state index contributed by atoms with van der Waals surface area (Å²) in [5.74, 6) is 0.483. The predicted molar refractivity (Wildman–Crippen MR) is 145 cm³/mol. The highest BCUT2D eigenvalue weighted by Gasteiger charge is 2.24. The number of rotatable bonds is 11. The molecule has 3 aromatic carbocycles. The van der Waals surface area contributed by atoms with Crippen molar-refractivity contribution >= 4 is 36.1 Å². The zero-order valence-corrected chi connectivity index (χ0v) is 20.9. The number of nitrogens with one attached hydrogen (secondary N) is 3. The van der Waals surface area contributed by atoms with Crippen molar-refractivity contribution in [3.05, 3.63) is 107 Å². The second-order valence-electron chi connectivity index (χ2n) is 7.94. The van der Waals surface area contributed by atoms with Crippen molar-refractivity contribution in [3.8, 4) is 11.5 Å². The molecule has 0 saturated heterocycles. The Balaban J connectivity index is 1.89. The van der Waals surface area contributed by atoms with Gasteiger partial charge in [-0.3, -0.25) is 4.79 Å². The van der Waals surface area contributed by atoms with E-state index in [-0.39, 0.29) is 17.3 Å². The van der Waals surface area contributed by atoms with E-state index in [0.717, 1.165) is 5.56 Å². The highest BCUT2D eigenvalue weighted by Crippen LogP contribution is 2.31. The minimum absolute atomic E-state index is 0.267. The molecule has 2 atom stereocenters. The van der Waals surface area contributed by atoms with E-state index in [0.29, 0.717) is 28.4 Å². The molecule has 0 aromatic heterocycles. The number of halogens is 1. The first-order valence-corrected chi connectivity index (χ1v) is 11.6. The van der Waals surface area contributed by atoms with Crippen molar-refractivity contribution < 1.29 is 18.7 Å². The summed E-state index contributed by atoms with van der Waals surface area (Å²) in [4.78, 5) is 12.6. The van der Waals surface area contributed by atoms with Crippen LogP contribution in [0.3, 0.4) is 0 Å². The number of carbonyl (C=O) groups excluding carboxylic acids is 1. The van der Waals surface area contributed by atoms with Crippen LogP contribution in [0, 0.1) is 11.2 Å². The van der Waals surface area contributed by atoms with Gasteiger partial charge < -0.3 is 25.5 Å². The van der Waals surface area contributed by atoms with Crippen LogP contribution in [-0.4, -0.2) is 25.3 Å². The van der Waals surface area contributed by atoms with Crippen molar-refractivity contribution in [1.82, 2.24) is 5.32 Å². The van der Waals surface area contributed by atoms with Gasteiger partial charge in [0, 0.05) is 28.7 Å². The Hall–Kier alpha value is -4.04. The Kier molecular flexibility index (Phi) is 9.30. The smallest absolute Gasteiger partial charge is 0.251 e. The zero-order chi connectivity index (χ0) is 26.1. The maximum atomic E-state index is 13.2. The first kappa shape index (κ1) is 26.6. The van der Waals surface area contributed by atoms with Gasteiger partial charge in [0.1, 0.15) is 23.4 Å². The molecule has 3 N–H and O–H groups in total. The van der Waals surface area contributed by atoms with Crippen molar-refractivity contribution in [2.24, 2.45) is 0 Å². The van der Waals surface area contributed by atoms with Gasteiger partial charge in [-0.05, 0) is 78.6 Å². The first-order valence-electron chi connectivity index (χ1n) is 11.1. The lowest BCUT2D eigenvalue weighted by Gasteiger charge is -2.27. The van der Waals surface area contributed by atoms with Gasteiger partial charge in [0.15, 0.2) is 0 Å². The van der Waals surface area contributed by atoms with Crippen LogP contribution in [0.15, 0.2) is 90.4 Å².